The molecule has 0 saturated carbocycles. The van der Waals surface area contributed by atoms with E-state index in [0.29, 0.717) is 15.5 Å². The monoisotopic (exact) mass is 302 g/mol. The number of hydrogen-bond acceptors (Lipinski definition) is 3. The summed E-state index contributed by atoms with van der Waals surface area (Å²) in [5.41, 5.74) is 1.41. The summed E-state index contributed by atoms with van der Waals surface area (Å²) >= 11 is 7.36. The summed E-state index contributed by atoms with van der Waals surface area (Å²) in [5.74, 6) is 0. The van der Waals surface area contributed by atoms with Crippen LogP contribution in [0.5, 0.6) is 0 Å². The number of benzene rings is 2. The third kappa shape index (κ3) is 2.74. The van der Waals surface area contributed by atoms with Gasteiger partial charge in [0.1, 0.15) is 5.58 Å². The Labute approximate surface area is 125 Å². The van der Waals surface area contributed by atoms with Gasteiger partial charge < -0.3 is 4.42 Å². The van der Waals surface area contributed by atoms with E-state index in [-0.39, 0.29) is 5.63 Å². The predicted molar refractivity (Wildman–Crippen MR) is 82.8 cm³/mol. The normalized spacial score (nSPS) is 10.9. The lowest BCUT2D eigenvalue weighted by molar-refractivity contribution is 0.544. The average Bonchev–Trinajstić information content (AvgIpc) is 2.42. The Hall–Kier alpha value is -1.71. The van der Waals surface area contributed by atoms with Crippen LogP contribution in [0.1, 0.15) is 5.56 Å². The van der Waals surface area contributed by atoms with Gasteiger partial charge in [0.2, 0.25) is 0 Å². The molecule has 0 aliphatic rings. The molecule has 2 aromatic carbocycles. The molecule has 0 amide bonds. The lowest BCUT2D eigenvalue weighted by atomic mass is 10.2. The molecule has 0 unspecified atom stereocenters. The van der Waals surface area contributed by atoms with Crippen molar-refractivity contribution >= 4 is 34.3 Å². The molecule has 2 nitrogen and oxygen atoms in total. The minimum absolute atomic E-state index is 0.328. The van der Waals surface area contributed by atoms with E-state index in [9.17, 15) is 4.79 Å². The molecular formula is C16H11ClO2S. The van der Waals surface area contributed by atoms with Crippen LogP contribution in [-0.4, -0.2) is 0 Å². The van der Waals surface area contributed by atoms with Gasteiger partial charge in [0.25, 0.3) is 0 Å². The van der Waals surface area contributed by atoms with E-state index in [0.717, 1.165) is 10.3 Å². The number of aryl methyl sites for hydroxylation is 1. The lowest BCUT2D eigenvalue weighted by Gasteiger charge is -2.03. The van der Waals surface area contributed by atoms with Crippen LogP contribution in [0.15, 0.2) is 67.5 Å². The van der Waals surface area contributed by atoms with Gasteiger partial charge in [-0.15, -0.1) is 0 Å². The fourth-order valence-electron chi connectivity index (χ4n) is 1.88. The molecule has 3 rings (SSSR count). The first-order valence-electron chi connectivity index (χ1n) is 6.10. The fraction of sp³-hybridized carbons (Fsp3) is 0.0625. The van der Waals surface area contributed by atoms with Crippen molar-refractivity contribution in [2.75, 3.05) is 0 Å². The zero-order valence-corrected chi connectivity index (χ0v) is 12.3. The lowest BCUT2D eigenvalue weighted by Crippen LogP contribution is -2.01. The minimum atomic E-state index is -0.328. The number of rotatable bonds is 2. The maximum Gasteiger partial charge on any atom is 0.350 e. The van der Waals surface area contributed by atoms with Crippen molar-refractivity contribution in [1.29, 1.82) is 0 Å². The molecule has 3 aromatic rings. The Bertz CT molecular complexity index is 822. The third-order valence-corrected chi connectivity index (χ3v) is 4.16. The van der Waals surface area contributed by atoms with Gasteiger partial charge in [-0.05, 0) is 43.3 Å². The fourth-order valence-corrected chi connectivity index (χ4v) is 2.90. The topological polar surface area (TPSA) is 30.2 Å². The molecule has 0 N–H and O–H groups in total. The number of hydrogen-bond donors (Lipinski definition) is 0. The Morgan fingerprint density at radius 1 is 1.05 bits per heavy atom. The zero-order valence-electron chi connectivity index (χ0n) is 10.7. The van der Waals surface area contributed by atoms with E-state index in [4.69, 9.17) is 16.0 Å². The van der Waals surface area contributed by atoms with Crippen LogP contribution in [0.25, 0.3) is 11.0 Å². The molecular weight excluding hydrogens is 292 g/mol. The highest BCUT2D eigenvalue weighted by Crippen LogP contribution is 2.28. The minimum Gasteiger partial charge on any atom is -0.422 e. The van der Waals surface area contributed by atoms with Crippen LogP contribution in [-0.2, 0) is 0 Å². The summed E-state index contributed by atoms with van der Waals surface area (Å²) in [4.78, 5) is 13.5. The molecule has 0 spiro atoms. The molecule has 0 saturated heterocycles. The second-order valence-corrected chi connectivity index (χ2v) is 6.05. The highest BCUT2D eigenvalue weighted by Gasteiger charge is 2.07. The van der Waals surface area contributed by atoms with Gasteiger partial charge in [-0.1, -0.05) is 41.1 Å². The molecule has 0 atom stereocenters. The molecule has 0 fully saturated rings. The Balaban J connectivity index is 2.04. The van der Waals surface area contributed by atoms with Gasteiger partial charge in [-0.2, -0.15) is 0 Å². The summed E-state index contributed by atoms with van der Waals surface area (Å²) in [6.07, 6.45) is 0. The summed E-state index contributed by atoms with van der Waals surface area (Å²) in [5, 5.41) is 1.45. The Morgan fingerprint density at radius 2 is 1.80 bits per heavy atom. The zero-order chi connectivity index (χ0) is 14.1. The first-order valence-corrected chi connectivity index (χ1v) is 7.29. The largest absolute Gasteiger partial charge is 0.422 e. The van der Waals surface area contributed by atoms with E-state index in [1.165, 1.54) is 17.3 Å². The van der Waals surface area contributed by atoms with Gasteiger partial charge in [0.15, 0.2) is 0 Å². The maximum absolute atomic E-state index is 12.0. The van der Waals surface area contributed by atoms with Crippen molar-refractivity contribution < 1.29 is 4.42 Å². The molecule has 4 heteroatoms. The van der Waals surface area contributed by atoms with Crippen LogP contribution in [0.2, 0.25) is 5.02 Å². The van der Waals surface area contributed by atoms with Gasteiger partial charge in [-0.25, -0.2) is 4.79 Å². The summed E-state index contributed by atoms with van der Waals surface area (Å²) < 4.78 is 5.31. The summed E-state index contributed by atoms with van der Waals surface area (Å²) in [6, 6.07) is 15.0. The highest BCUT2D eigenvalue weighted by molar-refractivity contribution is 7.99. The van der Waals surface area contributed by atoms with Crippen LogP contribution in [0.4, 0.5) is 0 Å². The maximum atomic E-state index is 12.0. The van der Waals surface area contributed by atoms with Crippen molar-refractivity contribution in [1.82, 2.24) is 0 Å². The quantitative estimate of drug-likeness (QED) is 0.630. The molecule has 0 aliphatic carbocycles. The van der Waals surface area contributed by atoms with Gasteiger partial charge in [0, 0.05) is 15.3 Å². The molecule has 100 valence electrons. The number of fused-ring (bicyclic) bond motifs is 1. The molecule has 20 heavy (non-hydrogen) atoms. The van der Waals surface area contributed by atoms with E-state index in [2.05, 4.69) is 0 Å². The van der Waals surface area contributed by atoms with Crippen LogP contribution < -0.4 is 5.63 Å². The molecule has 1 heterocycles. The Kier molecular flexibility index (Phi) is 3.55. The van der Waals surface area contributed by atoms with E-state index >= 15 is 0 Å². The second-order valence-electron chi connectivity index (χ2n) is 4.50. The van der Waals surface area contributed by atoms with Crippen molar-refractivity contribution in [2.45, 2.75) is 16.7 Å². The van der Waals surface area contributed by atoms with Gasteiger partial charge >= 0.3 is 5.63 Å². The SMILES string of the molecule is Cc1ccc(Sc2cc3cc(Cl)ccc3oc2=O)cc1. The van der Waals surface area contributed by atoms with Crippen LogP contribution >= 0.6 is 23.4 Å². The average molecular weight is 303 g/mol. The molecule has 0 radical (unpaired) electrons. The van der Waals surface area contributed by atoms with E-state index < -0.39 is 0 Å². The third-order valence-electron chi connectivity index (χ3n) is 2.91. The van der Waals surface area contributed by atoms with Crippen LogP contribution in [0.3, 0.4) is 0 Å². The molecule has 0 bridgehead atoms. The van der Waals surface area contributed by atoms with E-state index in [1.807, 2.05) is 37.3 Å². The first kappa shape index (κ1) is 13.3. The smallest absolute Gasteiger partial charge is 0.350 e. The summed E-state index contributed by atoms with van der Waals surface area (Å²) in [7, 11) is 0. The van der Waals surface area contributed by atoms with Crippen molar-refractivity contribution in [3.8, 4) is 0 Å². The highest BCUT2D eigenvalue weighted by atomic mass is 35.5. The summed E-state index contributed by atoms with van der Waals surface area (Å²) in [6.45, 7) is 2.03. The first-order chi connectivity index (χ1) is 9.61. The second kappa shape index (κ2) is 5.35. The van der Waals surface area contributed by atoms with Crippen molar-refractivity contribution in [3.05, 3.63) is 69.5 Å². The van der Waals surface area contributed by atoms with Crippen molar-refractivity contribution in [2.24, 2.45) is 0 Å². The predicted octanol–water partition coefficient (Wildman–Crippen LogP) is 4.91. The standard InChI is InChI=1S/C16H11ClO2S/c1-10-2-5-13(6-3-10)20-15-9-11-8-12(17)4-7-14(11)19-16(15)18/h2-9H,1H3. The molecule has 0 aliphatic heterocycles. The number of halogens is 1. The van der Waals surface area contributed by atoms with Gasteiger partial charge in [-0.3, -0.25) is 0 Å². The van der Waals surface area contributed by atoms with Crippen LogP contribution in [0, 0.1) is 6.92 Å². The van der Waals surface area contributed by atoms with Gasteiger partial charge in [0.05, 0.1) is 4.90 Å². The van der Waals surface area contributed by atoms with Crippen molar-refractivity contribution in [3.63, 3.8) is 0 Å². The molecule has 1 aromatic heterocycles. The Morgan fingerprint density at radius 3 is 2.55 bits per heavy atom. The van der Waals surface area contributed by atoms with E-state index in [1.54, 1.807) is 18.2 Å².